The molecule has 1 fully saturated rings. The van der Waals surface area contributed by atoms with E-state index in [0.717, 1.165) is 38.6 Å². The fraction of sp³-hybridized carbons (Fsp3) is 0.647. The topological polar surface area (TPSA) is 27.3 Å². The lowest BCUT2D eigenvalue weighted by molar-refractivity contribution is 0.296. The van der Waals surface area contributed by atoms with Crippen LogP contribution in [-0.4, -0.2) is 37.6 Å². The Bertz CT molecular complexity index is 364. The molecule has 20 heavy (non-hydrogen) atoms. The van der Waals surface area contributed by atoms with Crippen LogP contribution in [0, 0.1) is 5.92 Å². The van der Waals surface area contributed by atoms with Crippen molar-refractivity contribution in [3.05, 3.63) is 29.8 Å². The van der Waals surface area contributed by atoms with Crippen LogP contribution >= 0.6 is 0 Å². The highest BCUT2D eigenvalue weighted by atomic mass is 15.1. The van der Waals surface area contributed by atoms with Crippen LogP contribution in [0.5, 0.6) is 0 Å². The third-order valence-corrected chi connectivity index (χ3v) is 4.25. The first-order valence-electron chi connectivity index (χ1n) is 8.07. The number of anilines is 1. The first kappa shape index (κ1) is 15.3. The zero-order chi connectivity index (χ0) is 14.2. The quantitative estimate of drug-likeness (QED) is 0.801. The van der Waals surface area contributed by atoms with Gasteiger partial charge in [-0.2, -0.15) is 0 Å². The molecule has 1 aliphatic rings. The van der Waals surface area contributed by atoms with E-state index in [0.29, 0.717) is 0 Å². The minimum atomic E-state index is 0.777. The van der Waals surface area contributed by atoms with Gasteiger partial charge in [-0.3, -0.25) is 4.90 Å². The summed E-state index contributed by atoms with van der Waals surface area (Å²) in [6.45, 7) is 11.2. The van der Waals surface area contributed by atoms with Crippen molar-refractivity contribution in [2.24, 2.45) is 5.92 Å². The van der Waals surface area contributed by atoms with Gasteiger partial charge in [-0.25, -0.2) is 0 Å². The molecule has 1 aromatic rings. The Hall–Kier alpha value is -1.06. The Balaban J connectivity index is 1.78. The highest BCUT2D eigenvalue weighted by molar-refractivity contribution is 5.44. The zero-order valence-corrected chi connectivity index (χ0v) is 13.0. The molecule has 0 spiro atoms. The van der Waals surface area contributed by atoms with Gasteiger partial charge in [0, 0.05) is 18.8 Å². The molecule has 0 saturated carbocycles. The van der Waals surface area contributed by atoms with Crippen LogP contribution in [0.1, 0.15) is 32.3 Å². The summed E-state index contributed by atoms with van der Waals surface area (Å²) < 4.78 is 0. The summed E-state index contributed by atoms with van der Waals surface area (Å²) in [4.78, 5) is 2.44. The number of hydrogen-bond donors (Lipinski definition) is 2. The van der Waals surface area contributed by atoms with Crippen molar-refractivity contribution in [3.8, 4) is 0 Å². The maximum Gasteiger partial charge on any atom is 0.0340 e. The van der Waals surface area contributed by atoms with E-state index in [1.807, 2.05) is 0 Å². The largest absolute Gasteiger partial charge is 0.385 e. The van der Waals surface area contributed by atoms with E-state index in [1.54, 1.807) is 0 Å². The highest BCUT2D eigenvalue weighted by Crippen LogP contribution is 2.14. The smallest absolute Gasteiger partial charge is 0.0340 e. The fourth-order valence-electron chi connectivity index (χ4n) is 2.79. The molecule has 1 atom stereocenters. The third kappa shape index (κ3) is 4.80. The average Bonchev–Trinajstić information content (AvgIpc) is 2.53. The van der Waals surface area contributed by atoms with Crippen LogP contribution in [-0.2, 0) is 6.54 Å². The second-order valence-corrected chi connectivity index (χ2v) is 5.75. The van der Waals surface area contributed by atoms with Gasteiger partial charge in [0.25, 0.3) is 0 Å². The van der Waals surface area contributed by atoms with Gasteiger partial charge in [0.1, 0.15) is 0 Å². The number of benzene rings is 1. The standard InChI is InChI=1S/C17H29N3/c1-3-20(4-2)14-15-7-9-17(10-8-15)19-13-16-6-5-11-18-12-16/h7-10,16,18-19H,3-6,11-14H2,1-2H3. The lowest BCUT2D eigenvalue weighted by Crippen LogP contribution is -2.33. The third-order valence-electron chi connectivity index (χ3n) is 4.25. The number of nitrogens with one attached hydrogen (secondary N) is 2. The molecule has 112 valence electrons. The van der Waals surface area contributed by atoms with Gasteiger partial charge in [0.15, 0.2) is 0 Å². The van der Waals surface area contributed by atoms with Gasteiger partial charge in [0.05, 0.1) is 0 Å². The van der Waals surface area contributed by atoms with Crippen LogP contribution in [0.4, 0.5) is 5.69 Å². The van der Waals surface area contributed by atoms with Crippen molar-refractivity contribution in [2.45, 2.75) is 33.2 Å². The predicted octanol–water partition coefficient (Wildman–Crippen LogP) is 2.94. The molecule has 2 rings (SSSR count). The molecule has 1 aromatic carbocycles. The summed E-state index contributed by atoms with van der Waals surface area (Å²) >= 11 is 0. The summed E-state index contributed by atoms with van der Waals surface area (Å²) in [7, 11) is 0. The van der Waals surface area contributed by atoms with Crippen LogP contribution in [0.15, 0.2) is 24.3 Å². The zero-order valence-electron chi connectivity index (χ0n) is 13.0. The molecule has 0 amide bonds. The van der Waals surface area contributed by atoms with E-state index in [1.165, 1.54) is 30.6 Å². The van der Waals surface area contributed by atoms with Crippen LogP contribution in [0.2, 0.25) is 0 Å². The van der Waals surface area contributed by atoms with E-state index in [2.05, 4.69) is 53.6 Å². The SMILES string of the molecule is CCN(CC)Cc1ccc(NCC2CCCNC2)cc1. The van der Waals surface area contributed by atoms with Crippen molar-refractivity contribution in [3.63, 3.8) is 0 Å². The van der Waals surface area contributed by atoms with Crippen molar-refractivity contribution in [1.82, 2.24) is 10.2 Å². The van der Waals surface area contributed by atoms with Gasteiger partial charge in [-0.1, -0.05) is 26.0 Å². The molecule has 0 bridgehead atoms. The van der Waals surface area contributed by atoms with E-state index >= 15 is 0 Å². The van der Waals surface area contributed by atoms with Crippen molar-refractivity contribution in [2.75, 3.05) is 38.0 Å². The van der Waals surface area contributed by atoms with Gasteiger partial charge in [0.2, 0.25) is 0 Å². The normalized spacial score (nSPS) is 19.2. The summed E-state index contributed by atoms with van der Waals surface area (Å²) in [5.41, 5.74) is 2.65. The van der Waals surface area contributed by atoms with Gasteiger partial charge < -0.3 is 10.6 Å². The van der Waals surface area contributed by atoms with Crippen LogP contribution < -0.4 is 10.6 Å². The second-order valence-electron chi connectivity index (χ2n) is 5.75. The lowest BCUT2D eigenvalue weighted by Gasteiger charge is -2.23. The molecule has 2 N–H and O–H groups in total. The Morgan fingerprint density at radius 2 is 1.95 bits per heavy atom. The monoisotopic (exact) mass is 275 g/mol. The van der Waals surface area contributed by atoms with Crippen LogP contribution in [0.25, 0.3) is 0 Å². The maximum absolute atomic E-state index is 3.57. The Morgan fingerprint density at radius 1 is 1.20 bits per heavy atom. The lowest BCUT2D eigenvalue weighted by atomic mass is 10.00. The Labute approximate surface area is 123 Å². The molecule has 1 aliphatic heterocycles. The van der Waals surface area contributed by atoms with Crippen molar-refractivity contribution < 1.29 is 0 Å². The molecule has 1 unspecified atom stereocenters. The predicted molar refractivity (Wildman–Crippen MR) is 87.2 cm³/mol. The second kappa shape index (κ2) is 8.28. The van der Waals surface area contributed by atoms with E-state index < -0.39 is 0 Å². The molecular formula is C17H29N3. The van der Waals surface area contributed by atoms with Gasteiger partial charge in [-0.05, 0) is 62.6 Å². The van der Waals surface area contributed by atoms with E-state index in [9.17, 15) is 0 Å². The first-order chi connectivity index (χ1) is 9.81. The molecule has 1 heterocycles. The molecule has 3 heteroatoms. The minimum Gasteiger partial charge on any atom is -0.385 e. The summed E-state index contributed by atoms with van der Waals surface area (Å²) in [6, 6.07) is 8.93. The molecule has 3 nitrogen and oxygen atoms in total. The number of nitrogens with zero attached hydrogens (tertiary/aromatic N) is 1. The fourth-order valence-corrected chi connectivity index (χ4v) is 2.79. The highest BCUT2D eigenvalue weighted by Gasteiger charge is 2.12. The Morgan fingerprint density at radius 3 is 2.55 bits per heavy atom. The molecule has 0 aliphatic carbocycles. The summed E-state index contributed by atoms with van der Waals surface area (Å²) in [5.74, 6) is 0.777. The van der Waals surface area contributed by atoms with Gasteiger partial charge in [-0.15, -0.1) is 0 Å². The summed E-state index contributed by atoms with van der Waals surface area (Å²) in [6.07, 6.45) is 2.66. The minimum absolute atomic E-state index is 0.777. The number of piperidine rings is 1. The Kier molecular flexibility index (Phi) is 6.34. The summed E-state index contributed by atoms with van der Waals surface area (Å²) in [5, 5.41) is 7.04. The van der Waals surface area contributed by atoms with Crippen molar-refractivity contribution in [1.29, 1.82) is 0 Å². The molecule has 0 radical (unpaired) electrons. The van der Waals surface area contributed by atoms with Gasteiger partial charge >= 0.3 is 0 Å². The molecule has 1 saturated heterocycles. The average molecular weight is 275 g/mol. The van der Waals surface area contributed by atoms with E-state index in [4.69, 9.17) is 0 Å². The number of rotatable bonds is 7. The van der Waals surface area contributed by atoms with Crippen LogP contribution in [0.3, 0.4) is 0 Å². The maximum atomic E-state index is 3.57. The molecular weight excluding hydrogens is 246 g/mol. The number of hydrogen-bond acceptors (Lipinski definition) is 3. The van der Waals surface area contributed by atoms with E-state index in [-0.39, 0.29) is 0 Å². The first-order valence-corrected chi connectivity index (χ1v) is 8.07. The molecule has 0 aromatic heterocycles. The van der Waals surface area contributed by atoms with Crippen molar-refractivity contribution >= 4 is 5.69 Å².